The lowest BCUT2D eigenvalue weighted by Gasteiger charge is -2.20. The molecule has 0 heterocycles. The Morgan fingerprint density at radius 2 is 1.57 bits per heavy atom. The van der Waals surface area contributed by atoms with Crippen LogP contribution in [0.1, 0.15) is 43.5 Å². The SMILES string of the molecule is CC(C)(C)c1ccc(CC(N)c2ccc(Cl)c(Cl)c2)cc1. The van der Waals surface area contributed by atoms with Gasteiger partial charge in [0.25, 0.3) is 0 Å². The maximum Gasteiger partial charge on any atom is 0.0595 e. The molecule has 0 aromatic heterocycles. The second-order valence-corrected chi connectivity index (χ2v) is 7.25. The normalized spacial score (nSPS) is 13.2. The predicted octanol–water partition coefficient (Wildman–Crippen LogP) is 5.53. The summed E-state index contributed by atoms with van der Waals surface area (Å²) in [5, 5.41) is 1.11. The van der Waals surface area contributed by atoms with Crippen LogP contribution in [0.4, 0.5) is 0 Å². The van der Waals surface area contributed by atoms with Crippen molar-refractivity contribution in [3.05, 3.63) is 69.2 Å². The Morgan fingerprint density at radius 1 is 0.952 bits per heavy atom. The molecule has 0 saturated carbocycles. The molecule has 112 valence electrons. The van der Waals surface area contributed by atoms with E-state index in [0.717, 1.165) is 12.0 Å². The molecule has 0 amide bonds. The van der Waals surface area contributed by atoms with Crippen LogP contribution in [0.3, 0.4) is 0 Å². The van der Waals surface area contributed by atoms with E-state index in [2.05, 4.69) is 45.0 Å². The fourth-order valence-corrected chi connectivity index (χ4v) is 2.56. The highest BCUT2D eigenvalue weighted by Crippen LogP contribution is 2.27. The number of benzene rings is 2. The first-order valence-electron chi connectivity index (χ1n) is 7.07. The van der Waals surface area contributed by atoms with E-state index in [0.29, 0.717) is 10.0 Å². The molecule has 1 atom stereocenters. The van der Waals surface area contributed by atoms with Crippen molar-refractivity contribution in [3.8, 4) is 0 Å². The summed E-state index contributed by atoms with van der Waals surface area (Å²) in [6.07, 6.45) is 0.780. The van der Waals surface area contributed by atoms with E-state index in [1.54, 1.807) is 6.07 Å². The van der Waals surface area contributed by atoms with Crippen LogP contribution in [-0.2, 0) is 11.8 Å². The van der Waals surface area contributed by atoms with Gasteiger partial charge in [-0.15, -0.1) is 0 Å². The maximum atomic E-state index is 6.27. The number of rotatable bonds is 3. The largest absolute Gasteiger partial charge is 0.324 e. The van der Waals surface area contributed by atoms with Crippen molar-refractivity contribution in [2.24, 2.45) is 5.73 Å². The van der Waals surface area contributed by atoms with E-state index in [4.69, 9.17) is 28.9 Å². The molecular formula is C18H21Cl2N. The van der Waals surface area contributed by atoms with Crippen molar-refractivity contribution in [1.29, 1.82) is 0 Å². The van der Waals surface area contributed by atoms with Gasteiger partial charge in [0.2, 0.25) is 0 Å². The van der Waals surface area contributed by atoms with Gasteiger partial charge in [0, 0.05) is 6.04 Å². The van der Waals surface area contributed by atoms with Gasteiger partial charge in [-0.2, -0.15) is 0 Å². The van der Waals surface area contributed by atoms with Gasteiger partial charge in [0.1, 0.15) is 0 Å². The van der Waals surface area contributed by atoms with Gasteiger partial charge in [-0.05, 0) is 40.7 Å². The second-order valence-electron chi connectivity index (χ2n) is 6.43. The third-order valence-electron chi connectivity index (χ3n) is 3.65. The maximum absolute atomic E-state index is 6.27. The van der Waals surface area contributed by atoms with Crippen LogP contribution >= 0.6 is 23.2 Å². The minimum Gasteiger partial charge on any atom is -0.324 e. The van der Waals surface area contributed by atoms with Crippen molar-refractivity contribution in [3.63, 3.8) is 0 Å². The molecule has 1 unspecified atom stereocenters. The number of hydrogen-bond donors (Lipinski definition) is 1. The Balaban J connectivity index is 2.12. The summed E-state index contributed by atoms with van der Waals surface area (Å²) in [5.41, 5.74) is 9.99. The monoisotopic (exact) mass is 321 g/mol. The third-order valence-corrected chi connectivity index (χ3v) is 4.39. The van der Waals surface area contributed by atoms with Crippen molar-refractivity contribution in [2.75, 3.05) is 0 Å². The Kier molecular flexibility index (Phi) is 4.98. The zero-order chi connectivity index (χ0) is 15.6. The minimum absolute atomic E-state index is 0.0831. The topological polar surface area (TPSA) is 26.0 Å². The van der Waals surface area contributed by atoms with Gasteiger partial charge in [0.05, 0.1) is 10.0 Å². The first kappa shape index (κ1) is 16.4. The molecule has 2 aromatic carbocycles. The first-order valence-corrected chi connectivity index (χ1v) is 7.83. The van der Waals surface area contributed by atoms with Crippen LogP contribution in [0, 0.1) is 0 Å². The third kappa shape index (κ3) is 4.23. The molecule has 0 radical (unpaired) electrons. The zero-order valence-electron chi connectivity index (χ0n) is 12.7. The van der Waals surface area contributed by atoms with Crippen LogP contribution in [-0.4, -0.2) is 0 Å². The second kappa shape index (κ2) is 6.39. The van der Waals surface area contributed by atoms with Gasteiger partial charge in [-0.1, -0.05) is 74.3 Å². The Hall–Kier alpha value is -1.02. The summed E-state index contributed by atoms with van der Waals surface area (Å²) in [6.45, 7) is 6.64. The molecule has 2 N–H and O–H groups in total. The Labute approximate surface area is 137 Å². The smallest absolute Gasteiger partial charge is 0.0595 e. The first-order chi connectivity index (χ1) is 9.77. The molecule has 0 fully saturated rings. The molecule has 3 heteroatoms. The van der Waals surface area contributed by atoms with Crippen molar-refractivity contribution in [2.45, 2.75) is 38.6 Å². The van der Waals surface area contributed by atoms with Gasteiger partial charge in [-0.3, -0.25) is 0 Å². The van der Waals surface area contributed by atoms with Gasteiger partial charge >= 0.3 is 0 Å². The fourth-order valence-electron chi connectivity index (χ4n) is 2.26. The van der Waals surface area contributed by atoms with Crippen LogP contribution in [0.15, 0.2) is 42.5 Å². The fraction of sp³-hybridized carbons (Fsp3) is 0.333. The lowest BCUT2D eigenvalue weighted by molar-refractivity contribution is 0.589. The summed E-state index contributed by atoms with van der Waals surface area (Å²) in [4.78, 5) is 0. The van der Waals surface area contributed by atoms with Crippen molar-refractivity contribution < 1.29 is 0 Å². The highest BCUT2D eigenvalue weighted by molar-refractivity contribution is 6.42. The van der Waals surface area contributed by atoms with Crippen LogP contribution in [0.25, 0.3) is 0 Å². The molecule has 1 nitrogen and oxygen atoms in total. The van der Waals surface area contributed by atoms with E-state index in [1.807, 2.05) is 12.1 Å². The highest BCUT2D eigenvalue weighted by atomic mass is 35.5. The molecule has 2 aromatic rings. The van der Waals surface area contributed by atoms with Crippen LogP contribution in [0.5, 0.6) is 0 Å². The number of nitrogens with two attached hydrogens (primary N) is 1. The lowest BCUT2D eigenvalue weighted by atomic mass is 9.86. The molecule has 0 saturated heterocycles. The van der Waals surface area contributed by atoms with Gasteiger partial charge in [0.15, 0.2) is 0 Å². The average Bonchev–Trinajstić information content (AvgIpc) is 2.41. The molecule has 0 aliphatic rings. The van der Waals surface area contributed by atoms with E-state index in [-0.39, 0.29) is 11.5 Å². The number of halogens is 2. The van der Waals surface area contributed by atoms with Gasteiger partial charge < -0.3 is 5.73 Å². The molecule has 0 aliphatic carbocycles. The quantitative estimate of drug-likeness (QED) is 0.789. The summed E-state index contributed by atoms with van der Waals surface area (Å²) >= 11 is 12.0. The Morgan fingerprint density at radius 3 is 2.10 bits per heavy atom. The molecule has 21 heavy (non-hydrogen) atoms. The van der Waals surface area contributed by atoms with Crippen molar-refractivity contribution in [1.82, 2.24) is 0 Å². The number of hydrogen-bond acceptors (Lipinski definition) is 1. The summed E-state index contributed by atoms with van der Waals surface area (Å²) in [6, 6.07) is 14.1. The molecular weight excluding hydrogens is 301 g/mol. The zero-order valence-corrected chi connectivity index (χ0v) is 14.2. The standard InChI is InChI=1S/C18H21Cl2N/c1-18(2,3)14-7-4-12(5-8-14)10-17(21)13-6-9-15(19)16(20)11-13/h4-9,11,17H,10,21H2,1-3H3. The molecule has 0 spiro atoms. The van der Waals surface area contributed by atoms with E-state index in [1.165, 1.54) is 11.1 Å². The molecule has 0 bridgehead atoms. The lowest BCUT2D eigenvalue weighted by Crippen LogP contribution is -2.14. The van der Waals surface area contributed by atoms with Gasteiger partial charge in [-0.25, -0.2) is 0 Å². The van der Waals surface area contributed by atoms with Crippen LogP contribution in [0.2, 0.25) is 10.0 Å². The Bertz CT molecular complexity index is 612. The van der Waals surface area contributed by atoms with E-state index in [9.17, 15) is 0 Å². The molecule has 0 aliphatic heterocycles. The highest BCUT2D eigenvalue weighted by Gasteiger charge is 2.14. The molecule has 2 rings (SSSR count). The van der Waals surface area contributed by atoms with Crippen molar-refractivity contribution >= 4 is 23.2 Å². The summed E-state index contributed by atoms with van der Waals surface area (Å²) in [5.74, 6) is 0. The van der Waals surface area contributed by atoms with E-state index >= 15 is 0 Å². The predicted molar refractivity (Wildman–Crippen MR) is 92.2 cm³/mol. The van der Waals surface area contributed by atoms with Crippen LogP contribution < -0.4 is 5.73 Å². The minimum atomic E-state index is -0.0831. The average molecular weight is 322 g/mol. The summed E-state index contributed by atoms with van der Waals surface area (Å²) in [7, 11) is 0. The summed E-state index contributed by atoms with van der Waals surface area (Å²) < 4.78 is 0. The van der Waals surface area contributed by atoms with E-state index < -0.39 is 0 Å².